The zero-order valence-corrected chi connectivity index (χ0v) is 20.9. The number of hydrogen-bond donors (Lipinski definition) is 3. The molecule has 0 aliphatic heterocycles. The average molecular weight is 485 g/mol. The van der Waals surface area contributed by atoms with Crippen LogP contribution >= 0.6 is 12.2 Å². The number of nitrogens with zero attached hydrogens (tertiary/aromatic N) is 5. The number of carbonyl (C=O) groups excluding carboxylic acids is 1. The molecule has 0 radical (unpaired) electrons. The van der Waals surface area contributed by atoms with Crippen LogP contribution in [0.3, 0.4) is 0 Å². The highest BCUT2D eigenvalue weighted by Crippen LogP contribution is 2.19. The van der Waals surface area contributed by atoms with E-state index in [1.807, 2.05) is 39.1 Å². The summed E-state index contributed by atoms with van der Waals surface area (Å²) in [4.78, 5) is 25.4. The van der Waals surface area contributed by atoms with Crippen molar-refractivity contribution >= 4 is 40.4 Å². The van der Waals surface area contributed by atoms with Gasteiger partial charge in [-0.05, 0) is 51.5 Å². The summed E-state index contributed by atoms with van der Waals surface area (Å²) in [6, 6.07) is 3.68. The van der Waals surface area contributed by atoms with Gasteiger partial charge in [0.15, 0.2) is 10.8 Å². The predicted octanol–water partition coefficient (Wildman–Crippen LogP) is 3.89. The molecule has 0 aromatic carbocycles. The fourth-order valence-corrected chi connectivity index (χ4v) is 3.26. The third kappa shape index (κ3) is 7.91. The zero-order chi connectivity index (χ0) is 24.6. The molecule has 0 saturated carbocycles. The number of carbonyl (C=O) groups is 1. The van der Waals surface area contributed by atoms with E-state index < -0.39 is 11.7 Å². The van der Waals surface area contributed by atoms with E-state index in [1.165, 1.54) is 6.42 Å². The van der Waals surface area contributed by atoms with Crippen molar-refractivity contribution in [3.63, 3.8) is 0 Å². The van der Waals surface area contributed by atoms with Gasteiger partial charge in [-0.1, -0.05) is 19.8 Å². The zero-order valence-electron chi connectivity index (χ0n) is 20.1. The smallest absolute Gasteiger partial charge is 0.407 e. The SMILES string of the molecule is CCCCCNC(=S)Nc1ccc2ncc(-c3cnn(CCNC(=O)OC(C)(C)C)c3)nc2n1. The summed E-state index contributed by atoms with van der Waals surface area (Å²) >= 11 is 5.35. The van der Waals surface area contributed by atoms with Gasteiger partial charge in [0.25, 0.3) is 0 Å². The Hall–Kier alpha value is -3.34. The fraction of sp³-hybridized carbons (Fsp3) is 0.478. The van der Waals surface area contributed by atoms with Gasteiger partial charge in [-0.3, -0.25) is 9.67 Å². The second kappa shape index (κ2) is 11.7. The van der Waals surface area contributed by atoms with Gasteiger partial charge in [0, 0.05) is 24.8 Å². The minimum absolute atomic E-state index is 0.391. The molecular formula is C23H32N8O2S. The van der Waals surface area contributed by atoms with E-state index in [4.69, 9.17) is 17.0 Å². The highest BCUT2D eigenvalue weighted by atomic mass is 32.1. The van der Waals surface area contributed by atoms with Crippen LogP contribution in [0.1, 0.15) is 47.0 Å². The first-order chi connectivity index (χ1) is 16.2. The Labute approximate surface area is 204 Å². The normalized spacial score (nSPS) is 11.3. The highest BCUT2D eigenvalue weighted by molar-refractivity contribution is 7.80. The quantitative estimate of drug-likeness (QED) is 0.307. The van der Waals surface area contributed by atoms with E-state index >= 15 is 0 Å². The summed E-state index contributed by atoms with van der Waals surface area (Å²) in [6.45, 7) is 9.35. The second-order valence-electron chi connectivity index (χ2n) is 8.80. The number of unbranched alkanes of at least 4 members (excludes halogenated alkanes) is 2. The van der Waals surface area contributed by atoms with E-state index in [0.717, 1.165) is 24.9 Å². The number of pyridine rings is 1. The molecule has 0 saturated heterocycles. The molecule has 3 aromatic heterocycles. The molecule has 182 valence electrons. The van der Waals surface area contributed by atoms with Gasteiger partial charge in [-0.25, -0.2) is 14.8 Å². The molecule has 3 N–H and O–H groups in total. The van der Waals surface area contributed by atoms with Crippen LogP contribution in [0.4, 0.5) is 10.6 Å². The van der Waals surface area contributed by atoms with Gasteiger partial charge in [0.05, 0.1) is 24.6 Å². The Kier molecular flexibility index (Phi) is 8.69. The Morgan fingerprint density at radius 2 is 1.94 bits per heavy atom. The van der Waals surface area contributed by atoms with Crippen LogP contribution in [0.2, 0.25) is 0 Å². The number of amides is 1. The molecule has 0 bridgehead atoms. The van der Waals surface area contributed by atoms with Crippen molar-refractivity contribution in [2.45, 2.75) is 59.1 Å². The van der Waals surface area contributed by atoms with Crippen LogP contribution in [0, 0.1) is 0 Å². The van der Waals surface area contributed by atoms with Crippen molar-refractivity contribution in [2.75, 3.05) is 18.4 Å². The summed E-state index contributed by atoms with van der Waals surface area (Å²) in [7, 11) is 0. The van der Waals surface area contributed by atoms with E-state index in [2.05, 4.69) is 42.9 Å². The van der Waals surface area contributed by atoms with Gasteiger partial charge in [-0.15, -0.1) is 0 Å². The first-order valence-electron chi connectivity index (χ1n) is 11.4. The van der Waals surface area contributed by atoms with Gasteiger partial charge in [0.2, 0.25) is 0 Å². The summed E-state index contributed by atoms with van der Waals surface area (Å²) in [5.74, 6) is 0.607. The summed E-state index contributed by atoms with van der Waals surface area (Å²) in [6.07, 6.45) is 8.20. The van der Waals surface area contributed by atoms with Crippen molar-refractivity contribution in [2.24, 2.45) is 0 Å². The number of hydrogen-bond acceptors (Lipinski definition) is 7. The van der Waals surface area contributed by atoms with Crippen LogP contribution in [-0.2, 0) is 11.3 Å². The summed E-state index contributed by atoms with van der Waals surface area (Å²) in [5.41, 5.74) is 2.13. The molecular weight excluding hydrogens is 452 g/mol. The Bertz CT molecular complexity index is 1130. The number of ether oxygens (including phenoxy) is 1. The molecule has 34 heavy (non-hydrogen) atoms. The maximum absolute atomic E-state index is 11.8. The molecule has 10 nitrogen and oxygen atoms in total. The second-order valence-corrected chi connectivity index (χ2v) is 9.21. The lowest BCUT2D eigenvalue weighted by atomic mass is 10.2. The summed E-state index contributed by atoms with van der Waals surface area (Å²) < 4.78 is 6.96. The number of aromatic nitrogens is 5. The Morgan fingerprint density at radius 1 is 1.12 bits per heavy atom. The van der Waals surface area contributed by atoms with Crippen molar-refractivity contribution in [3.8, 4) is 11.3 Å². The Morgan fingerprint density at radius 3 is 2.71 bits per heavy atom. The lowest BCUT2D eigenvalue weighted by Gasteiger charge is -2.19. The maximum atomic E-state index is 11.8. The average Bonchev–Trinajstić information content (AvgIpc) is 3.24. The van der Waals surface area contributed by atoms with Crippen LogP contribution in [-0.4, -0.2) is 54.6 Å². The number of anilines is 1. The fourth-order valence-electron chi connectivity index (χ4n) is 3.05. The standard InChI is InChI=1S/C23H32N8O2S/c1-5-6-7-10-24-21(34)30-19-9-8-17-20(29-19)28-18(14-26-17)16-13-27-31(15-16)12-11-25-22(32)33-23(2,3)4/h8-9,13-15H,5-7,10-12H2,1-4H3,(H,25,32)(H2,24,28,29,30,34). The van der Waals surface area contributed by atoms with E-state index in [-0.39, 0.29) is 0 Å². The largest absolute Gasteiger partial charge is 0.444 e. The third-order valence-corrected chi connectivity index (χ3v) is 4.90. The minimum Gasteiger partial charge on any atom is -0.444 e. The third-order valence-electron chi connectivity index (χ3n) is 4.65. The Balaban J connectivity index is 1.60. The van der Waals surface area contributed by atoms with Crippen molar-refractivity contribution in [1.82, 2.24) is 35.4 Å². The molecule has 3 aromatic rings. The molecule has 1 amide bonds. The van der Waals surface area contributed by atoms with E-state index in [9.17, 15) is 4.79 Å². The predicted molar refractivity (Wildman–Crippen MR) is 137 cm³/mol. The van der Waals surface area contributed by atoms with Crippen LogP contribution in [0.15, 0.2) is 30.7 Å². The lowest BCUT2D eigenvalue weighted by molar-refractivity contribution is 0.0525. The molecule has 0 unspecified atom stereocenters. The number of fused-ring (bicyclic) bond motifs is 1. The van der Waals surface area contributed by atoms with Gasteiger partial charge in [-0.2, -0.15) is 5.10 Å². The van der Waals surface area contributed by atoms with Crippen molar-refractivity contribution in [1.29, 1.82) is 0 Å². The molecule has 11 heteroatoms. The van der Waals surface area contributed by atoms with E-state index in [0.29, 0.717) is 40.9 Å². The molecule has 3 rings (SSSR count). The molecule has 0 aliphatic rings. The molecule has 0 fully saturated rings. The molecule has 0 spiro atoms. The van der Waals surface area contributed by atoms with Gasteiger partial charge in [0.1, 0.15) is 16.9 Å². The maximum Gasteiger partial charge on any atom is 0.407 e. The number of alkyl carbamates (subject to hydrolysis) is 1. The first-order valence-corrected chi connectivity index (χ1v) is 11.8. The topological polar surface area (TPSA) is 119 Å². The minimum atomic E-state index is -0.531. The monoisotopic (exact) mass is 484 g/mol. The van der Waals surface area contributed by atoms with Crippen LogP contribution in [0.5, 0.6) is 0 Å². The van der Waals surface area contributed by atoms with Crippen molar-refractivity contribution in [3.05, 3.63) is 30.7 Å². The molecule has 3 heterocycles. The molecule has 0 aliphatic carbocycles. The lowest BCUT2D eigenvalue weighted by Crippen LogP contribution is -2.34. The first kappa shape index (κ1) is 25.3. The van der Waals surface area contributed by atoms with Gasteiger partial charge < -0.3 is 20.7 Å². The van der Waals surface area contributed by atoms with E-state index in [1.54, 1.807) is 17.1 Å². The van der Waals surface area contributed by atoms with Crippen molar-refractivity contribution < 1.29 is 9.53 Å². The van der Waals surface area contributed by atoms with Gasteiger partial charge >= 0.3 is 6.09 Å². The number of nitrogens with one attached hydrogen (secondary N) is 3. The summed E-state index contributed by atoms with van der Waals surface area (Å²) in [5, 5.41) is 13.9. The molecule has 0 atom stereocenters. The number of rotatable bonds is 9. The highest BCUT2D eigenvalue weighted by Gasteiger charge is 2.15. The van der Waals surface area contributed by atoms with Crippen LogP contribution < -0.4 is 16.0 Å². The van der Waals surface area contributed by atoms with Crippen LogP contribution in [0.25, 0.3) is 22.4 Å². The number of thiocarbonyl (C=S) groups is 1.